The van der Waals surface area contributed by atoms with Gasteiger partial charge in [-0.15, -0.1) is 0 Å². The Morgan fingerprint density at radius 1 is 1.39 bits per heavy atom. The van der Waals surface area contributed by atoms with E-state index in [-0.39, 0.29) is 29.8 Å². The molecular weight excluding hydrogens is 234 g/mol. The molecule has 6 heteroatoms. The number of aliphatic hydroxyl groups excluding tert-OH is 1. The van der Waals surface area contributed by atoms with E-state index in [2.05, 4.69) is 4.99 Å². The lowest BCUT2D eigenvalue weighted by Crippen LogP contribution is -2.38. The van der Waals surface area contributed by atoms with Crippen LogP contribution in [-0.4, -0.2) is 33.1 Å². The topological polar surface area (TPSA) is 76.6 Å². The van der Waals surface area contributed by atoms with Crippen molar-refractivity contribution in [2.45, 2.75) is 19.9 Å². The maximum atomic E-state index is 11.8. The third kappa shape index (κ3) is 2.95. The van der Waals surface area contributed by atoms with Crippen molar-refractivity contribution in [3.63, 3.8) is 0 Å². The van der Waals surface area contributed by atoms with Gasteiger partial charge >= 0.3 is 5.69 Å². The molecule has 1 rings (SSSR count). The molecule has 0 amide bonds. The summed E-state index contributed by atoms with van der Waals surface area (Å²) in [7, 11) is 3.00. The zero-order valence-corrected chi connectivity index (χ0v) is 11.1. The zero-order chi connectivity index (χ0) is 13.9. The molecule has 0 radical (unpaired) electrons. The van der Waals surface area contributed by atoms with E-state index in [0.29, 0.717) is 5.56 Å². The molecule has 0 unspecified atom stereocenters. The molecule has 1 N–H and O–H groups in total. The summed E-state index contributed by atoms with van der Waals surface area (Å²) in [5.74, 6) is 0.183. The van der Waals surface area contributed by atoms with Crippen LogP contribution in [0.4, 0.5) is 0 Å². The van der Waals surface area contributed by atoms with Gasteiger partial charge in [-0.2, -0.15) is 0 Å². The first-order valence-corrected chi connectivity index (χ1v) is 5.79. The molecule has 0 spiro atoms. The molecule has 100 valence electrons. The van der Waals surface area contributed by atoms with Crippen molar-refractivity contribution in [2.24, 2.45) is 25.0 Å². The maximum Gasteiger partial charge on any atom is 0.330 e. The highest BCUT2D eigenvalue weighted by Crippen LogP contribution is 2.04. The number of hydrogen-bond acceptors (Lipinski definition) is 4. The van der Waals surface area contributed by atoms with Crippen molar-refractivity contribution < 1.29 is 5.11 Å². The third-order valence-electron chi connectivity index (χ3n) is 2.83. The number of aliphatic imine (C=N–C) groups is 1. The van der Waals surface area contributed by atoms with Crippen LogP contribution in [0.2, 0.25) is 0 Å². The summed E-state index contributed by atoms with van der Waals surface area (Å²) in [6, 6.07) is -0.244. The summed E-state index contributed by atoms with van der Waals surface area (Å²) < 4.78 is 2.36. The van der Waals surface area contributed by atoms with Gasteiger partial charge in [0.25, 0.3) is 5.56 Å². The van der Waals surface area contributed by atoms with Crippen LogP contribution in [0.3, 0.4) is 0 Å². The van der Waals surface area contributed by atoms with Gasteiger partial charge in [0.2, 0.25) is 0 Å². The van der Waals surface area contributed by atoms with Crippen LogP contribution >= 0.6 is 0 Å². The number of nitrogens with zero attached hydrogens (tertiary/aromatic N) is 3. The van der Waals surface area contributed by atoms with Gasteiger partial charge in [0.15, 0.2) is 0 Å². The highest BCUT2D eigenvalue weighted by Gasteiger charge is 2.10. The Morgan fingerprint density at radius 3 is 2.50 bits per heavy atom. The Bertz CT molecular complexity index is 555. The van der Waals surface area contributed by atoms with Crippen LogP contribution in [-0.2, 0) is 14.1 Å². The lowest BCUT2D eigenvalue weighted by molar-refractivity contribution is 0.240. The molecule has 1 aromatic rings. The second-order valence-electron chi connectivity index (χ2n) is 4.61. The predicted octanol–water partition coefficient (Wildman–Crippen LogP) is -0.480. The van der Waals surface area contributed by atoms with Gasteiger partial charge in [-0.3, -0.25) is 14.4 Å². The lowest BCUT2D eigenvalue weighted by Gasteiger charge is -2.12. The van der Waals surface area contributed by atoms with Crippen LogP contribution < -0.4 is 11.2 Å². The highest BCUT2D eigenvalue weighted by atomic mass is 16.3. The van der Waals surface area contributed by atoms with Crippen molar-refractivity contribution in [1.29, 1.82) is 0 Å². The van der Waals surface area contributed by atoms with Gasteiger partial charge in [-0.05, 0) is 5.92 Å². The van der Waals surface area contributed by atoms with E-state index in [9.17, 15) is 9.59 Å². The smallest absolute Gasteiger partial charge is 0.330 e. The molecule has 18 heavy (non-hydrogen) atoms. The molecule has 0 aliphatic rings. The largest absolute Gasteiger partial charge is 0.394 e. The van der Waals surface area contributed by atoms with E-state index < -0.39 is 0 Å². The molecule has 0 aliphatic heterocycles. The quantitative estimate of drug-likeness (QED) is 0.736. The number of aromatic nitrogens is 2. The van der Waals surface area contributed by atoms with E-state index >= 15 is 0 Å². The Kier molecular flexibility index (Phi) is 4.61. The van der Waals surface area contributed by atoms with Crippen LogP contribution in [0.25, 0.3) is 0 Å². The van der Waals surface area contributed by atoms with Crippen LogP contribution in [0.1, 0.15) is 19.4 Å². The van der Waals surface area contributed by atoms with E-state index in [1.54, 1.807) is 7.05 Å². The number of rotatable bonds is 4. The monoisotopic (exact) mass is 253 g/mol. The minimum Gasteiger partial charge on any atom is -0.394 e. The SMILES string of the molecule is CC(C)[C@@H](CO)N=Cc1cn(C)c(=O)n(C)c1=O. The summed E-state index contributed by atoms with van der Waals surface area (Å²) in [6.07, 6.45) is 2.87. The molecule has 0 bridgehead atoms. The molecule has 1 heterocycles. The molecule has 6 nitrogen and oxygen atoms in total. The number of aryl methyl sites for hydroxylation is 1. The van der Waals surface area contributed by atoms with Crippen LogP contribution in [0.15, 0.2) is 20.8 Å². The number of aliphatic hydroxyl groups is 1. The second kappa shape index (κ2) is 5.77. The Labute approximate surface area is 105 Å². The molecule has 1 atom stereocenters. The Balaban J connectivity index is 3.17. The van der Waals surface area contributed by atoms with E-state index in [0.717, 1.165) is 4.57 Å². The summed E-state index contributed by atoms with van der Waals surface area (Å²) in [5.41, 5.74) is -0.430. The summed E-state index contributed by atoms with van der Waals surface area (Å²) in [6.45, 7) is 3.81. The fraction of sp³-hybridized carbons (Fsp3) is 0.583. The molecule has 0 fully saturated rings. The minimum atomic E-state index is -0.387. The molecule has 0 aromatic carbocycles. The number of hydrogen-bond donors (Lipinski definition) is 1. The molecule has 0 saturated heterocycles. The van der Waals surface area contributed by atoms with Gasteiger partial charge in [0, 0.05) is 26.5 Å². The first kappa shape index (κ1) is 14.4. The van der Waals surface area contributed by atoms with E-state index in [1.165, 1.54) is 24.0 Å². The highest BCUT2D eigenvalue weighted by molar-refractivity contribution is 5.78. The van der Waals surface area contributed by atoms with Crippen molar-refractivity contribution in [3.05, 3.63) is 32.6 Å². The average molecular weight is 253 g/mol. The predicted molar refractivity (Wildman–Crippen MR) is 70.2 cm³/mol. The normalized spacial score (nSPS) is 13.4. The fourth-order valence-corrected chi connectivity index (χ4v) is 1.53. The van der Waals surface area contributed by atoms with Gasteiger partial charge in [-0.1, -0.05) is 13.8 Å². The van der Waals surface area contributed by atoms with Crippen molar-refractivity contribution in [3.8, 4) is 0 Å². The molecule has 0 aliphatic carbocycles. The van der Waals surface area contributed by atoms with Gasteiger partial charge in [0.1, 0.15) is 0 Å². The summed E-state index contributed by atoms with van der Waals surface area (Å²) >= 11 is 0. The van der Waals surface area contributed by atoms with Gasteiger partial charge in [-0.25, -0.2) is 4.79 Å². The van der Waals surface area contributed by atoms with Gasteiger partial charge < -0.3 is 9.67 Å². The van der Waals surface area contributed by atoms with Crippen LogP contribution in [0, 0.1) is 5.92 Å². The first-order chi connectivity index (χ1) is 8.38. The zero-order valence-electron chi connectivity index (χ0n) is 11.1. The van der Waals surface area contributed by atoms with Gasteiger partial charge in [0.05, 0.1) is 18.2 Å². The first-order valence-electron chi connectivity index (χ1n) is 5.79. The van der Waals surface area contributed by atoms with Crippen LogP contribution in [0.5, 0.6) is 0 Å². The Hall–Kier alpha value is -1.69. The molecule has 0 saturated carbocycles. The van der Waals surface area contributed by atoms with Crippen molar-refractivity contribution in [2.75, 3.05) is 6.61 Å². The summed E-state index contributed by atoms with van der Waals surface area (Å²) in [5, 5.41) is 9.14. The minimum absolute atomic E-state index is 0.0692. The second-order valence-corrected chi connectivity index (χ2v) is 4.61. The molecular formula is C12H19N3O3. The van der Waals surface area contributed by atoms with E-state index in [1.807, 2.05) is 13.8 Å². The third-order valence-corrected chi connectivity index (χ3v) is 2.83. The van der Waals surface area contributed by atoms with Crippen molar-refractivity contribution in [1.82, 2.24) is 9.13 Å². The van der Waals surface area contributed by atoms with E-state index in [4.69, 9.17) is 5.11 Å². The lowest BCUT2D eigenvalue weighted by atomic mass is 10.1. The summed E-state index contributed by atoms with van der Waals surface area (Å²) in [4.78, 5) is 27.5. The fourth-order valence-electron chi connectivity index (χ4n) is 1.53. The standard InChI is InChI=1S/C12H19N3O3/c1-8(2)10(7-16)13-5-9-6-14(3)12(18)15(4)11(9)17/h5-6,8,10,16H,7H2,1-4H3/t10-/m1/s1. The molecule has 1 aromatic heterocycles. The maximum absolute atomic E-state index is 11.8. The Morgan fingerprint density at radius 2 is 2.00 bits per heavy atom. The average Bonchev–Trinajstić information content (AvgIpc) is 2.33. The van der Waals surface area contributed by atoms with Crippen molar-refractivity contribution >= 4 is 6.21 Å².